The molecule has 0 radical (unpaired) electrons. The summed E-state index contributed by atoms with van der Waals surface area (Å²) >= 11 is 0. The van der Waals surface area contributed by atoms with E-state index >= 15 is 0 Å². The smallest absolute Gasteiger partial charge is 0.410 e. The summed E-state index contributed by atoms with van der Waals surface area (Å²) in [6.45, 7) is 2.57. The van der Waals surface area contributed by atoms with Crippen LogP contribution in [0.5, 0.6) is 0 Å². The maximum atomic E-state index is 11.5. The van der Waals surface area contributed by atoms with Crippen LogP contribution in [0.1, 0.15) is 32.6 Å². The normalized spacial score (nSPS) is 26.8. The van der Waals surface area contributed by atoms with E-state index in [-0.39, 0.29) is 6.09 Å². The van der Waals surface area contributed by atoms with Gasteiger partial charge in [0.2, 0.25) is 0 Å². The van der Waals surface area contributed by atoms with Crippen LogP contribution in [0.2, 0.25) is 0 Å². The summed E-state index contributed by atoms with van der Waals surface area (Å²) in [6, 6.07) is 2.26. The zero-order valence-corrected chi connectivity index (χ0v) is 8.75. The van der Waals surface area contributed by atoms with Gasteiger partial charge in [-0.25, -0.2) is 4.79 Å². The second kappa shape index (κ2) is 4.32. The van der Waals surface area contributed by atoms with E-state index in [1.807, 2.05) is 6.92 Å². The molecule has 1 unspecified atom stereocenters. The first kappa shape index (κ1) is 10.8. The largest absolute Gasteiger partial charge is 0.453 e. The first-order valence-electron chi connectivity index (χ1n) is 4.97. The van der Waals surface area contributed by atoms with Gasteiger partial charge in [0.15, 0.2) is 0 Å². The van der Waals surface area contributed by atoms with E-state index in [9.17, 15) is 4.79 Å². The average Bonchev–Trinajstić information content (AvgIpc) is 2.27. The first-order valence-corrected chi connectivity index (χ1v) is 4.97. The molecule has 0 spiro atoms. The third-order valence-electron chi connectivity index (χ3n) is 2.93. The third kappa shape index (κ3) is 1.67. The van der Waals surface area contributed by atoms with Crippen molar-refractivity contribution in [1.29, 1.82) is 5.26 Å². The van der Waals surface area contributed by atoms with E-state index in [2.05, 4.69) is 10.8 Å². The minimum absolute atomic E-state index is 0.381. The van der Waals surface area contributed by atoms with Crippen LogP contribution >= 0.6 is 0 Å². The number of piperidine rings is 1. The molecule has 1 aliphatic heterocycles. The minimum atomic E-state index is -0.634. The molecule has 78 valence electrons. The molecule has 4 heteroatoms. The third-order valence-corrected chi connectivity index (χ3v) is 2.93. The predicted octanol–water partition coefficient (Wildman–Crippen LogP) is 1.91. The number of carbonyl (C=O) groups is 1. The Morgan fingerprint density at radius 3 is 2.86 bits per heavy atom. The number of hydrogen-bond acceptors (Lipinski definition) is 3. The van der Waals surface area contributed by atoms with Crippen LogP contribution in [0.4, 0.5) is 4.79 Å². The van der Waals surface area contributed by atoms with Gasteiger partial charge in [-0.3, -0.25) is 4.90 Å². The number of amides is 1. The zero-order valence-electron chi connectivity index (χ0n) is 8.75. The molecule has 14 heavy (non-hydrogen) atoms. The minimum Gasteiger partial charge on any atom is -0.453 e. The summed E-state index contributed by atoms with van der Waals surface area (Å²) in [5.41, 5.74) is -0.634. The molecule has 1 aliphatic rings. The Bertz CT molecular complexity index is 259. The molecule has 0 aromatic carbocycles. The molecule has 1 amide bonds. The summed E-state index contributed by atoms with van der Waals surface area (Å²) in [4.78, 5) is 13.0. The lowest BCUT2D eigenvalue weighted by atomic mass is 9.86. The number of likely N-dealkylation sites (tertiary alicyclic amines) is 1. The van der Waals surface area contributed by atoms with Gasteiger partial charge in [-0.1, -0.05) is 6.92 Å². The lowest BCUT2D eigenvalue weighted by Crippen LogP contribution is -2.53. The van der Waals surface area contributed by atoms with E-state index in [0.717, 1.165) is 19.3 Å². The van der Waals surface area contributed by atoms with Gasteiger partial charge in [0.25, 0.3) is 0 Å². The molecule has 0 bridgehead atoms. The maximum absolute atomic E-state index is 11.5. The van der Waals surface area contributed by atoms with Crippen molar-refractivity contribution in [1.82, 2.24) is 4.90 Å². The second-order valence-corrected chi connectivity index (χ2v) is 3.58. The second-order valence-electron chi connectivity index (χ2n) is 3.58. The summed E-state index contributed by atoms with van der Waals surface area (Å²) < 4.78 is 4.68. The Balaban J connectivity index is 2.88. The molecular formula is C10H16N2O2. The zero-order chi connectivity index (χ0) is 10.6. The number of rotatable bonds is 1. The standard InChI is InChI=1S/C10H16N2O2/c1-3-10(8-11)6-4-5-7-12(10)9(13)14-2/h3-7H2,1-2H3. The molecule has 0 aromatic heterocycles. The number of hydrogen-bond donors (Lipinski definition) is 0. The van der Waals surface area contributed by atoms with Crippen molar-refractivity contribution in [2.45, 2.75) is 38.1 Å². The molecule has 1 saturated heterocycles. The fraction of sp³-hybridized carbons (Fsp3) is 0.800. The van der Waals surface area contributed by atoms with Crippen LogP contribution in [-0.4, -0.2) is 30.2 Å². The van der Waals surface area contributed by atoms with E-state index in [1.165, 1.54) is 7.11 Å². The molecule has 1 heterocycles. The van der Waals surface area contributed by atoms with Crippen molar-refractivity contribution in [3.05, 3.63) is 0 Å². The van der Waals surface area contributed by atoms with Crippen molar-refractivity contribution in [2.24, 2.45) is 0 Å². The highest BCUT2D eigenvalue weighted by molar-refractivity contribution is 5.69. The van der Waals surface area contributed by atoms with Crippen molar-refractivity contribution < 1.29 is 9.53 Å². The number of nitriles is 1. The van der Waals surface area contributed by atoms with Crippen LogP contribution in [-0.2, 0) is 4.74 Å². The van der Waals surface area contributed by atoms with Gasteiger partial charge in [-0.05, 0) is 25.7 Å². The van der Waals surface area contributed by atoms with Gasteiger partial charge in [0.05, 0.1) is 13.2 Å². The molecular weight excluding hydrogens is 180 g/mol. The number of ether oxygens (including phenoxy) is 1. The predicted molar refractivity (Wildman–Crippen MR) is 51.6 cm³/mol. The van der Waals surface area contributed by atoms with Crippen LogP contribution in [0.15, 0.2) is 0 Å². The van der Waals surface area contributed by atoms with E-state index < -0.39 is 5.54 Å². The number of methoxy groups -OCH3 is 1. The average molecular weight is 196 g/mol. The Morgan fingerprint density at radius 2 is 2.36 bits per heavy atom. The summed E-state index contributed by atoms with van der Waals surface area (Å²) in [5, 5.41) is 9.16. The Hall–Kier alpha value is -1.24. The molecule has 0 aliphatic carbocycles. The van der Waals surface area contributed by atoms with Gasteiger partial charge in [-0.2, -0.15) is 5.26 Å². The monoisotopic (exact) mass is 196 g/mol. The van der Waals surface area contributed by atoms with Gasteiger partial charge in [0, 0.05) is 6.54 Å². The van der Waals surface area contributed by atoms with Crippen LogP contribution in [0.25, 0.3) is 0 Å². The molecule has 4 nitrogen and oxygen atoms in total. The van der Waals surface area contributed by atoms with Crippen molar-refractivity contribution in [3.8, 4) is 6.07 Å². The number of nitrogens with zero attached hydrogens (tertiary/aromatic N) is 2. The molecule has 1 rings (SSSR count). The SMILES string of the molecule is CCC1(C#N)CCCCN1C(=O)OC. The summed E-state index contributed by atoms with van der Waals surface area (Å²) in [5.74, 6) is 0. The summed E-state index contributed by atoms with van der Waals surface area (Å²) in [6.07, 6.45) is 3.01. The van der Waals surface area contributed by atoms with Crippen molar-refractivity contribution >= 4 is 6.09 Å². The molecule has 0 N–H and O–H groups in total. The molecule has 1 fully saturated rings. The molecule has 1 atom stereocenters. The topological polar surface area (TPSA) is 53.3 Å². The van der Waals surface area contributed by atoms with Gasteiger partial charge >= 0.3 is 6.09 Å². The van der Waals surface area contributed by atoms with Crippen LogP contribution in [0, 0.1) is 11.3 Å². The molecule has 0 aromatic rings. The lowest BCUT2D eigenvalue weighted by Gasteiger charge is -2.40. The first-order chi connectivity index (χ1) is 6.70. The Labute approximate surface area is 84.4 Å². The highest BCUT2D eigenvalue weighted by atomic mass is 16.5. The lowest BCUT2D eigenvalue weighted by molar-refractivity contribution is 0.0619. The Kier molecular flexibility index (Phi) is 3.34. The summed E-state index contributed by atoms with van der Waals surface area (Å²) in [7, 11) is 1.36. The Morgan fingerprint density at radius 1 is 1.64 bits per heavy atom. The van der Waals surface area contributed by atoms with Crippen LogP contribution in [0.3, 0.4) is 0 Å². The van der Waals surface area contributed by atoms with Crippen molar-refractivity contribution in [2.75, 3.05) is 13.7 Å². The van der Waals surface area contributed by atoms with Gasteiger partial charge in [-0.15, -0.1) is 0 Å². The van der Waals surface area contributed by atoms with Gasteiger partial charge < -0.3 is 4.74 Å². The highest BCUT2D eigenvalue weighted by Gasteiger charge is 2.40. The van der Waals surface area contributed by atoms with Crippen LogP contribution < -0.4 is 0 Å². The highest BCUT2D eigenvalue weighted by Crippen LogP contribution is 2.30. The quantitative estimate of drug-likeness (QED) is 0.643. The van der Waals surface area contributed by atoms with Crippen molar-refractivity contribution in [3.63, 3.8) is 0 Å². The van der Waals surface area contributed by atoms with E-state index in [0.29, 0.717) is 13.0 Å². The number of carbonyl (C=O) groups excluding carboxylic acids is 1. The fourth-order valence-corrected chi connectivity index (χ4v) is 1.98. The molecule has 0 saturated carbocycles. The van der Waals surface area contributed by atoms with E-state index in [4.69, 9.17) is 5.26 Å². The maximum Gasteiger partial charge on any atom is 0.410 e. The fourth-order valence-electron chi connectivity index (χ4n) is 1.98. The van der Waals surface area contributed by atoms with E-state index in [1.54, 1.807) is 4.90 Å². The van der Waals surface area contributed by atoms with Gasteiger partial charge in [0.1, 0.15) is 5.54 Å².